The highest BCUT2D eigenvalue weighted by Crippen LogP contribution is 2.40. The van der Waals surface area contributed by atoms with Crippen molar-refractivity contribution >= 4 is 43.6 Å². The predicted molar refractivity (Wildman–Crippen MR) is 102 cm³/mol. The Bertz CT molecular complexity index is 807. The predicted octanol–water partition coefficient (Wildman–Crippen LogP) is 5.49. The molecule has 1 aromatic carbocycles. The molecule has 0 saturated carbocycles. The topological polar surface area (TPSA) is 42.4 Å². The van der Waals surface area contributed by atoms with Crippen molar-refractivity contribution in [3.05, 3.63) is 27.4 Å². The minimum atomic E-state index is -0.490. The number of ether oxygens (including phenoxy) is 1. The first-order valence-electron chi connectivity index (χ1n) is 8.31. The van der Waals surface area contributed by atoms with Gasteiger partial charge in [-0.25, -0.2) is 14.2 Å². The molecule has 25 heavy (non-hydrogen) atoms. The molecule has 0 radical (unpaired) electrons. The van der Waals surface area contributed by atoms with Gasteiger partial charge in [-0.3, -0.25) is 0 Å². The third-order valence-corrected chi connectivity index (χ3v) is 6.21. The molecule has 1 aliphatic heterocycles. The number of amides is 1. The number of rotatable bonds is 1. The fourth-order valence-corrected chi connectivity index (χ4v) is 4.74. The number of carbonyl (C=O) groups excluding carboxylic acids is 1. The van der Waals surface area contributed by atoms with Crippen LogP contribution in [-0.4, -0.2) is 34.7 Å². The maximum absolute atomic E-state index is 14.1. The first-order chi connectivity index (χ1) is 11.6. The van der Waals surface area contributed by atoms with E-state index in [1.807, 2.05) is 26.8 Å². The van der Waals surface area contributed by atoms with Crippen LogP contribution < -0.4 is 0 Å². The number of hydrogen-bond donors (Lipinski definition) is 0. The fraction of sp³-hybridized carbons (Fsp3) is 0.556. The van der Waals surface area contributed by atoms with Crippen LogP contribution in [0.2, 0.25) is 0 Å². The SMILES string of the molecule is CC(C)(C)OC(=O)N1CCC(C)(c2nc3c(F)cc(Br)cc3s2)CC1. The van der Waals surface area contributed by atoms with Gasteiger partial charge in [0.25, 0.3) is 0 Å². The van der Waals surface area contributed by atoms with E-state index in [1.54, 1.807) is 4.90 Å². The lowest BCUT2D eigenvalue weighted by molar-refractivity contribution is 0.0172. The van der Waals surface area contributed by atoms with Gasteiger partial charge >= 0.3 is 6.09 Å². The second kappa shape index (κ2) is 6.50. The monoisotopic (exact) mass is 428 g/mol. The highest BCUT2D eigenvalue weighted by Gasteiger charge is 2.37. The number of carbonyl (C=O) groups is 1. The Morgan fingerprint density at radius 3 is 2.60 bits per heavy atom. The van der Waals surface area contributed by atoms with E-state index in [4.69, 9.17) is 4.74 Å². The van der Waals surface area contributed by atoms with Gasteiger partial charge in [0.2, 0.25) is 0 Å². The van der Waals surface area contributed by atoms with Crippen LogP contribution in [0.4, 0.5) is 9.18 Å². The molecule has 1 amide bonds. The zero-order valence-electron chi connectivity index (χ0n) is 14.9. The Labute approximate surface area is 159 Å². The maximum atomic E-state index is 14.1. The van der Waals surface area contributed by atoms with Crippen molar-refractivity contribution in [2.24, 2.45) is 0 Å². The average Bonchev–Trinajstić information content (AvgIpc) is 2.91. The molecule has 3 rings (SSSR count). The van der Waals surface area contributed by atoms with Gasteiger partial charge in [-0.05, 0) is 45.7 Å². The van der Waals surface area contributed by atoms with Crippen molar-refractivity contribution < 1.29 is 13.9 Å². The number of likely N-dealkylation sites (tertiary alicyclic amines) is 1. The Balaban J connectivity index is 1.76. The number of piperidine rings is 1. The summed E-state index contributed by atoms with van der Waals surface area (Å²) in [4.78, 5) is 18.5. The van der Waals surface area contributed by atoms with Gasteiger partial charge in [0.05, 0.1) is 9.71 Å². The second-order valence-corrected chi connectivity index (χ2v) is 9.73. The quantitative estimate of drug-likeness (QED) is 0.603. The van der Waals surface area contributed by atoms with Crippen LogP contribution in [0.15, 0.2) is 16.6 Å². The maximum Gasteiger partial charge on any atom is 0.410 e. The van der Waals surface area contributed by atoms with Crippen LogP contribution in [0.1, 0.15) is 45.5 Å². The van der Waals surface area contributed by atoms with E-state index in [-0.39, 0.29) is 17.3 Å². The molecule has 0 aliphatic carbocycles. The van der Waals surface area contributed by atoms with Crippen LogP contribution in [0.5, 0.6) is 0 Å². The van der Waals surface area contributed by atoms with Gasteiger partial charge in [0, 0.05) is 23.0 Å². The Hall–Kier alpha value is -1.21. The number of halogens is 2. The first kappa shape index (κ1) is 18.6. The smallest absolute Gasteiger partial charge is 0.410 e. The zero-order chi connectivity index (χ0) is 18.4. The van der Waals surface area contributed by atoms with Crippen LogP contribution >= 0.6 is 27.3 Å². The van der Waals surface area contributed by atoms with Gasteiger partial charge in [-0.2, -0.15) is 0 Å². The minimum absolute atomic E-state index is 0.152. The number of benzene rings is 1. The molecular formula is C18H22BrFN2O2S. The summed E-state index contributed by atoms with van der Waals surface area (Å²) in [6.07, 6.45) is 1.30. The third-order valence-electron chi connectivity index (χ3n) is 4.45. The summed E-state index contributed by atoms with van der Waals surface area (Å²) in [6, 6.07) is 3.35. The third kappa shape index (κ3) is 3.97. The van der Waals surface area contributed by atoms with Crippen LogP contribution in [0.3, 0.4) is 0 Å². The number of fused-ring (bicyclic) bond motifs is 1. The molecule has 0 atom stereocenters. The summed E-state index contributed by atoms with van der Waals surface area (Å²) < 4.78 is 21.1. The molecule has 0 bridgehead atoms. The summed E-state index contributed by atoms with van der Waals surface area (Å²) >= 11 is 4.87. The Kier molecular flexibility index (Phi) is 4.83. The molecule has 4 nitrogen and oxygen atoms in total. The van der Waals surface area contributed by atoms with E-state index in [0.717, 1.165) is 27.0 Å². The summed E-state index contributed by atoms with van der Waals surface area (Å²) in [5.74, 6) is -0.304. The van der Waals surface area contributed by atoms with Gasteiger partial charge in [-0.15, -0.1) is 11.3 Å². The number of nitrogens with zero attached hydrogens (tertiary/aromatic N) is 2. The standard InChI is InChI=1S/C18H22BrFN2O2S/c1-17(2,3)24-16(23)22-7-5-18(4,6-8-22)15-21-14-12(20)9-11(19)10-13(14)25-15/h9-10H,5-8H2,1-4H3. The highest BCUT2D eigenvalue weighted by atomic mass is 79.9. The van der Waals surface area contributed by atoms with Crippen LogP contribution in [-0.2, 0) is 10.2 Å². The van der Waals surface area contributed by atoms with Crippen molar-refractivity contribution in [2.45, 2.75) is 51.6 Å². The number of aromatic nitrogens is 1. The molecule has 1 saturated heterocycles. The van der Waals surface area contributed by atoms with E-state index in [1.165, 1.54) is 17.4 Å². The Morgan fingerprint density at radius 1 is 1.36 bits per heavy atom. The molecule has 136 valence electrons. The molecule has 2 heterocycles. The largest absolute Gasteiger partial charge is 0.444 e. The van der Waals surface area contributed by atoms with Gasteiger partial charge in [0.15, 0.2) is 5.82 Å². The number of hydrogen-bond acceptors (Lipinski definition) is 4. The molecule has 2 aromatic rings. The van der Waals surface area contributed by atoms with Gasteiger partial charge in [0.1, 0.15) is 11.1 Å². The van der Waals surface area contributed by atoms with E-state index in [9.17, 15) is 9.18 Å². The van der Waals surface area contributed by atoms with Crippen LogP contribution in [0, 0.1) is 5.82 Å². The molecule has 1 aromatic heterocycles. The highest BCUT2D eigenvalue weighted by molar-refractivity contribution is 9.10. The summed E-state index contributed by atoms with van der Waals surface area (Å²) in [5, 5.41) is 0.934. The molecule has 1 fully saturated rings. The zero-order valence-corrected chi connectivity index (χ0v) is 17.3. The van der Waals surface area contributed by atoms with E-state index < -0.39 is 5.60 Å². The van der Waals surface area contributed by atoms with Crippen molar-refractivity contribution in [1.82, 2.24) is 9.88 Å². The van der Waals surface area contributed by atoms with Crippen LogP contribution in [0.25, 0.3) is 10.2 Å². The molecule has 7 heteroatoms. The van der Waals surface area contributed by atoms with Crippen molar-refractivity contribution in [1.29, 1.82) is 0 Å². The molecule has 0 N–H and O–H groups in total. The second-order valence-electron chi connectivity index (χ2n) is 7.78. The van der Waals surface area contributed by atoms with E-state index in [0.29, 0.717) is 18.6 Å². The molecule has 0 unspecified atom stereocenters. The fourth-order valence-electron chi connectivity index (χ4n) is 2.94. The molecule has 1 aliphatic rings. The van der Waals surface area contributed by atoms with Crippen molar-refractivity contribution in [3.8, 4) is 0 Å². The summed E-state index contributed by atoms with van der Waals surface area (Å²) in [5.41, 5.74) is -0.212. The molecular weight excluding hydrogens is 407 g/mol. The summed E-state index contributed by atoms with van der Waals surface area (Å²) in [7, 11) is 0. The Morgan fingerprint density at radius 2 is 2.00 bits per heavy atom. The average molecular weight is 429 g/mol. The number of thiazole rings is 1. The lowest BCUT2D eigenvalue weighted by Gasteiger charge is -2.38. The van der Waals surface area contributed by atoms with E-state index >= 15 is 0 Å². The normalized spacial score (nSPS) is 17.8. The lowest BCUT2D eigenvalue weighted by atomic mass is 9.81. The molecule has 0 spiro atoms. The van der Waals surface area contributed by atoms with Gasteiger partial charge < -0.3 is 9.64 Å². The van der Waals surface area contributed by atoms with Crippen molar-refractivity contribution in [2.75, 3.05) is 13.1 Å². The first-order valence-corrected chi connectivity index (χ1v) is 9.92. The summed E-state index contributed by atoms with van der Waals surface area (Å²) in [6.45, 7) is 8.98. The van der Waals surface area contributed by atoms with E-state index in [2.05, 4.69) is 27.8 Å². The van der Waals surface area contributed by atoms with Crippen molar-refractivity contribution in [3.63, 3.8) is 0 Å². The lowest BCUT2D eigenvalue weighted by Crippen LogP contribution is -2.45. The minimum Gasteiger partial charge on any atom is -0.444 e. The van der Waals surface area contributed by atoms with Gasteiger partial charge in [-0.1, -0.05) is 22.9 Å².